The molecule has 0 bridgehead atoms. The highest BCUT2D eigenvalue weighted by Crippen LogP contribution is 2.37. The molecule has 1 N–H and O–H groups in total. The lowest BCUT2D eigenvalue weighted by atomic mass is 10.2. The van der Waals surface area contributed by atoms with E-state index in [1.54, 1.807) is 18.4 Å². The van der Waals surface area contributed by atoms with Gasteiger partial charge in [-0.05, 0) is 69.7 Å². The summed E-state index contributed by atoms with van der Waals surface area (Å²) in [5.74, 6) is -1.98. The summed E-state index contributed by atoms with van der Waals surface area (Å²) in [5.41, 5.74) is 0.904. The number of amides is 1. The van der Waals surface area contributed by atoms with Crippen LogP contribution in [0.1, 0.15) is 41.5 Å². The molecule has 0 aliphatic rings. The SMILES string of the molecule is Cc1c(S(=O)(=O)c2ccc(F)cc2)c(NC(=O)c2ccccc2F)n(C(C)C)c1C. The summed E-state index contributed by atoms with van der Waals surface area (Å²) in [6, 6.07) is 9.75. The van der Waals surface area contributed by atoms with Crippen LogP contribution in [0.2, 0.25) is 0 Å². The molecule has 0 spiro atoms. The predicted octanol–water partition coefficient (Wildman–Crippen LogP) is 5.05. The highest BCUT2D eigenvalue weighted by Gasteiger charge is 2.31. The Bertz CT molecular complexity index is 1210. The van der Waals surface area contributed by atoms with Gasteiger partial charge in [0, 0.05) is 11.7 Å². The molecule has 0 unspecified atom stereocenters. The number of rotatable bonds is 5. The molecule has 158 valence electrons. The molecule has 0 atom stereocenters. The van der Waals surface area contributed by atoms with Crippen LogP contribution >= 0.6 is 0 Å². The minimum absolute atomic E-state index is 0.0533. The number of carbonyl (C=O) groups is 1. The van der Waals surface area contributed by atoms with E-state index in [4.69, 9.17) is 0 Å². The molecule has 2 aromatic carbocycles. The van der Waals surface area contributed by atoms with Crippen molar-refractivity contribution >= 4 is 21.6 Å². The third-order valence-electron chi connectivity index (χ3n) is 4.96. The van der Waals surface area contributed by atoms with Gasteiger partial charge in [0.05, 0.1) is 10.5 Å². The van der Waals surface area contributed by atoms with E-state index in [2.05, 4.69) is 5.32 Å². The quantitative estimate of drug-likeness (QED) is 0.574. The van der Waals surface area contributed by atoms with Crippen molar-refractivity contribution < 1.29 is 22.0 Å². The minimum Gasteiger partial charge on any atom is -0.328 e. The van der Waals surface area contributed by atoms with E-state index < -0.39 is 27.4 Å². The summed E-state index contributed by atoms with van der Waals surface area (Å²) in [6.45, 7) is 7.08. The van der Waals surface area contributed by atoms with Gasteiger partial charge in [0.1, 0.15) is 22.3 Å². The zero-order chi connectivity index (χ0) is 22.2. The molecule has 0 saturated heterocycles. The topological polar surface area (TPSA) is 68.2 Å². The van der Waals surface area contributed by atoms with Gasteiger partial charge < -0.3 is 9.88 Å². The Morgan fingerprint density at radius 2 is 1.60 bits per heavy atom. The van der Waals surface area contributed by atoms with Crippen molar-refractivity contribution in [3.8, 4) is 0 Å². The van der Waals surface area contributed by atoms with E-state index >= 15 is 0 Å². The number of aromatic nitrogens is 1. The first-order valence-corrected chi connectivity index (χ1v) is 10.8. The monoisotopic (exact) mass is 432 g/mol. The van der Waals surface area contributed by atoms with Crippen molar-refractivity contribution in [2.24, 2.45) is 0 Å². The number of halogens is 2. The molecule has 0 fully saturated rings. The molecule has 1 heterocycles. The second kappa shape index (κ2) is 8.02. The third kappa shape index (κ3) is 3.75. The van der Waals surface area contributed by atoms with Crippen LogP contribution in [-0.4, -0.2) is 18.9 Å². The molecule has 5 nitrogen and oxygen atoms in total. The Morgan fingerprint density at radius 3 is 2.17 bits per heavy atom. The molecule has 30 heavy (non-hydrogen) atoms. The number of anilines is 1. The van der Waals surface area contributed by atoms with Gasteiger partial charge in [0.25, 0.3) is 5.91 Å². The Hall–Kier alpha value is -3.00. The van der Waals surface area contributed by atoms with E-state index in [-0.39, 0.29) is 27.2 Å². The Labute approximate surface area is 174 Å². The molecule has 0 aliphatic carbocycles. The predicted molar refractivity (Wildman–Crippen MR) is 110 cm³/mol. The highest BCUT2D eigenvalue weighted by atomic mass is 32.2. The Balaban J connectivity index is 2.21. The van der Waals surface area contributed by atoms with Crippen LogP contribution in [0.5, 0.6) is 0 Å². The zero-order valence-electron chi connectivity index (χ0n) is 17.0. The number of hydrogen-bond acceptors (Lipinski definition) is 3. The van der Waals surface area contributed by atoms with Crippen molar-refractivity contribution in [1.82, 2.24) is 4.57 Å². The molecule has 0 radical (unpaired) electrons. The highest BCUT2D eigenvalue weighted by molar-refractivity contribution is 7.91. The second-order valence-corrected chi connectivity index (χ2v) is 9.13. The third-order valence-corrected chi connectivity index (χ3v) is 6.89. The van der Waals surface area contributed by atoms with E-state index in [0.29, 0.717) is 11.3 Å². The first-order chi connectivity index (χ1) is 14.1. The first kappa shape index (κ1) is 21.7. The fraction of sp³-hybridized carbons (Fsp3) is 0.227. The van der Waals surface area contributed by atoms with Gasteiger partial charge >= 0.3 is 0 Å². The molecule has 0 aliphatic heterocycles. The molecule has 1 aromatic heterocycles. The van der Waals surface area contributed by atoms with Crippen LogP contribution in [0.25, 0.3) is 0 Å². The van der Waals surface area contributed by atoms with Gasteiger partial charge in [0.15, 0.2) is 0 Å². The maximum atomic E-state index is 14.1. The van der Waals surface area contributed by atoms with Gasteiger partial charge in [-0.3, -0.25) is 4.79 Å². The van der Waals surface area contributed by atoms with E-state index in [1.165, 1.54) is 30.3 Å². The van der Waals surface area contributed by atoms with E-state index in [9.17, 15) is 22.0 Å². The van der Waals surface area contributed by atoms with Gasteiger partial charge in [-0.15, -0.1) is 0 Å². The second-order valence-electron chi connectivity index (χ2n) is 7.24. The van der Waals surface area contributed by atoms with Gasteiger partial charge in [-0.1, -0.05) is 12.1 Å². The summed E-state index contributed by atoms with van der Waals surface area (Å²) in [4.78, 5) is 12.6. The number of nitrogens with zero attached hydrogens (tertiary/aromatic N) is 1. The molecule has 8 heteroatoms. The summed E-state index contributed by atoms with van der Waals surface area (Å²) >= 11 is 0. The van der Waals surface area contributed by atoms with Crippen molar-refractivity contribution in [2.75, 3.05) is 5.32 Å². The average molecular weight is 432 g/mol. The lowest BCUT2D eigenvalue weighted by molar-refractivity contribution is 0.102. The molecule has 3 aromatic rings. The van der Waals surface area contributed by atoms with Gasteiger partial charge in [-0.2, -0.15) is 0 Å². The number of nitrogens with one attached hydrogen (secondary N) is 1. The molecule has 1 amide bonds. The number of hydrogen-bond donors (Lipinski definition) is 1. The summed E-state index contributed by atoms with van der Waals surface area (Å²) in [6.07, 6.45) is 0. The summed E-state index contributed by atoms with van der Waals surface area (Å²) in [5, 5.41) is 2.60. The van der Waals surface area contributed by atoms with Crippen LogP contribution in [0.4, 0.5) is 14.6 Å². The van der Waals surface area contributed by atoms with Crippen LogP contribution in [0.3, 0.4) is 0 Å². The van der Waals surface area contributed by atoms with Crippen LogP contribution in [0, 0.1) is 25.5 Å². The van der Waals surface area contributed by atoms with Crippen LogP contribution in [-0.2, 0) is 9.84 Å². The number of sulfone groups is 1. The number of benzene rings is 2. The molecule has 3 rings (SSSR count). The zero-order valence-corrected chi connectivity index (χ0v) is 17.8. The lowest BCUT2D eigenvalue weighted by Crippen LogP contribution is -2.19. The summed E-state index contributed by atoms with van der Waals surface area (Å²) in [7, 11) is -4.09. The molecule has 0 saturated carbocycles. The summed E-state index contributed by atoms with van der Waals surface area (Å²) < 4.78 is 55.9. The molecular formula is C22H22F2N2O3S. The standard InChI is InChI=1S/C22H22F2N2O3S/c1-13(2)26-15(4)14(3)20(30(28,29)17-11-9-16(23)10-12-17)21(26)25-22(27)18-7-5-6-8-19(18)24/h5-13H,1-4H3,(H,25,27). The van der Waals surface area contributed by atoms with Crippen molar-refractivity contribution in [3.63, 3.8) is 0 Å². The first-order valence-electron chi connectivity index (χ1n) is 9.33. The van der Waals surface area contributed by atoms with Crippen molar-refractivity contribution in [1.29, 1.82) is 0 Å². The van der Waals surface area contributed by atoms with Crippen LogP contribution in [0.15, 0.2) is 58.3 Å². The maximum absolute atomic E-state index is 14.1. The van der Waals surface area contributed by atoms with Gasteiger partial charge in [0.2, 0.25) is 9.84 Å². The fourth-order valence-electron chi connectivity index (χ4n) is 3.44. The Morgan fingerprint density at radius 1 is 1.00 bits per heavy atom. The lowest BCUT2D eigenvalue weighted by Gasteiger charge is -2.17. The largest absolute Gasteiger partial charge is 0.328 e. The maximum Gasteiger partial charge on any atom is 0.259 e. The van der Waals surface area contributed by atoms with Crippen molar-refractivity contribution in [3.05, 3.63) is 77.0 Å². The average Bonchev–Trinajstić information content (AvgIpc) is 2.93. The van der Waals surface area contributed by atoms with E-state index in [1.807, 2.05) is 13.8 Å². The van der Waals surface area contributed by atoms with E-state index in [0.717, 1.165) is 18.2 Å². The van der Waals surface area contributed by atoms with Gasteiger partial charge in [-0.25, -0.2) is 17.2 Å². The molecular weight excluding hydrogens is 410 g/mol. The Kier molecular flexibility index (Phi) is 5.81. The van der Waals surface area contributed by atoms with Crippen LogP contribution < -0.4 is 5.32 Å². The van der Waals surface area contributed by atoms with Crippen molar-refractivity contribution in [2.45, 2.75) is 43.5 Å². The minimum atomic E-state index is -4.09. The number of carbonyl (C=O) groups excluding carboxylic acids is 1. The smallest absolute Gasteiger partial charge is 0.259 e. The fourth-order valence-corrected chi connectivity index (χ4v) is 5.13. The normalized spacial score (nSPS) is 11.7.